The number of imidazole rings is 1. The van der Waals surface area contributed by atoms with E-state index in [0.717, 1.165) is 41.8 Å². The third-order valence-electron chi connectivity index (χ3n) is 9.45. The van der Waals surface area contributed by atoms with Crippen LogP contribution in [0, 0.1) is 17.3 Å². The van der Waals surface area contributed by atoms with Crippen LogP contribution in [0.15, 0.2) is 48.5 Å². The fourth-order valence-electron chi connectivity index (χ4n) is 6.81. The summed E-state index contributed by atoms with van der Waals surface area (Å²) in [6, 6.07) is 15.4. The van der Waals surface area contributed by atoms with E-state index in [-0.39, 0.29) is 5.91 Å². The van der Waals surface area contributed by atoms with Crippen molar-refractivity contribution in [1.82, 2.24) is 19.5 Å². The largest absolute Gasteiger partial charge is 0.369 e. The quantitative estimate of drug-likeness (QED) is 0.301. The summed E-state index contributed by atoms with van der Waals surface area (Å²) >= 11 is 13.0. The van der Waals surface area contributed by atoms with E-state index in [4.69, 9.17) is 43.9 Å². The predicted octanol–water partition coefficient (Wildman–Crippen LogP) is 6.12. The van der Waals surface area contributed by atoms with Gasteiger partial charge >= 0.3 is 0 Å². The molecular formula is C31H33Cl2N7O. The molecule has 10 heteroatoms. The van der Waals surface area contributed by atoms with E-state index in [9.17, 15) is 4.79 Å². The van der Waals surface area contributed by atoms with E-state index < -0.39 is 5.41 Å². The molecule has 1 saturated carbocycles. The molecule has 41 heavy (non-hydrogen) atoms. The number of nitrogens with zero attached hydrogens (tertiary/aromatic N) is 6. The number of piperidine rings is 1. The topological polar surface area (TPSA) is 93.2 Å². The Balaban J connectivity index is 1.43. The molecule has 2 atom stereocenters. The number of hydrogen-bond acceptors (Lipinski definition) is 6. The highest BCUT2D eigenvalue weighted by molar-refractivity contribution is 6.33. The molecule has 0 unspecified atom stereocenters. The van der Waals surface area contributed by atoms with Crippen LogP contribution in [0.5, 0.6) is 0 Å². The standard InChI is InChI=1S/C31H33Cl2N7O/c1-31(29(34)41)13-15-38(16-14-31)27-25-28(37-30(36-27)39-17-19-5-4-6-20(19)18-39)40(22-11-9-21(32)10-12-22)26(35-25)23-7-2-3-8-24(23)33/h2-3,7-12,19-20H,4-6,13-18H2,1H3,(H2,34,41)/t19-,20+. The van der Waals surface area contributed by atoms with Crippen molar-refractivity contribution in [2.45, 2.75) is 39.0 Å². The van der Waals surface area contributed by atoms with E-state index in [2.05, 4.69) is 14.4 Å². The van der Waals surface area contributed by atoms with Crippen LogP contribution in [-0.4, -0.2) is 51.6 Å². The van der Waals surface area contributed by atoms with Gasteiger partial charge in [-0.1, -0.05) is 48.7 Å². The third-order valence-corrected chi connectivity index (χ3v) is 10.0. The molecule has 3 fully saturated rings. The van der Waals surface area contributed by atoms with Crippen molar-refractivity contribution >= 4 is 52.0 Å². The lowest BCUT2D eigenvalue weighted by Crippen LogP contribution is -2.45. The zero-order valence-corrected chi connectivity index (χ0v) is 24.6. The maximum Gasteiger partial charge on any atom is 0.229 e. The first-order valence-corrected chi connectivity index (χ1v) is 15.2. The number of nitrogens with two attached hydrogens (primary N) is 1. The van der Waals surface area contributed by atoms with Crippen LogP contribution >= 0.6 is 23.2 Å². The second-order valence-electron chi connectivity index (χ2n) is 12.0. The maximum atomic E-state index is 12.2. The van der Waals surface area contributed by atoms with Gasteiger partial charge in [-0.2, -0.15) is 9.97 Å². The van der Waals surface area contributed by atoms with E-state index in [1.807, 2.05) is 55.5 Å². The molecule has 0 bridgehead atoms. The SMILES string of the molecule is CC1(C(N)=O)CCN(c2nc(N3C[C@H]4CCC[C@H]4C3)nc3c2nc(-c2ccccc2Cl)n3-c2ccc(Cl)cc2)CC1. The minimum absolute atomic E-state index is 0.248. The van der Waals surface area contributed by atoms with Gasteiger partial charge in [0.15, 0.2) is 17.0 Å². The number of benzene rings is 2. The van der Waals surface area contributed by atoms with Crippen molar-refractivity contribution in [1.29, 1.82) is 0 Å². The highest BCUT2D eigenvalue weighted by Gasteiger charge is 2.39. The lowest BCUT2D eigenvalue weighted by Gasteiger charge is -2.38. The fraction of sp³-hybridized carbons (Fsp3) is 0.419. The van der Waals surface area contributed by atoms with Gasteiger partial charge in [-0.25, -0.2) is 4.98 Å². The number of amides is 1. The molecule has 212 valence electrons. The summed E-state index contributed by atoms with van der Waals surface area (Å²) in [7, 11) is 0. The fourth-order valence-corrected chi connectivity index (χ4v) is 7.16. The van der Waals surface area contributed by atoms with Crippen molar-refractivity contribution in [3.8, 4) is 17.1 Å². The van der Waals surface area contributed by atoms with Crippen LogP contribution in [-0.2, 0) is 4.79 Å². The molecule has 3 aliphatic rings. The molecule has 2 N–H and O–H groups in total. The maximum absolute atomic E-state index is 12.2. The second kappa shape index (κ2) is 10.2. The highest BCUT2D eigenvalue weighted by atomic mass is 35.5. The molecule has 1 amide bonds. The van der Waals surface area contributed by atoms with Gasteiger partial charge in [0.05, 0.1) is 5.02 Å². The van der Waals surface area contributed by atoms with Crippen LogP contribution in [0.4, 0.5) is 11.8 Å². The molecule has 7 rings (SSSR count). The molecule has 1 aliphatic carbocycles. The van der Waals surface area contributed by atoms with Gasteiger partial charge in [0.2, 0.25) is 11.9 Å². The molecule has 2 aliphatic heterocycles. The predicted molar refractivity (Wildman–Crippen MR) is 164 cm³/mol. The van der Waals surface area contributed by atoms with Gasteiger partial charge in [-0.3, -0.25) is 9.36 Å². The minimum atomic E-state index is -0.525. The summed E-state index contributed by atoms with van der Waals surface area (Å²) in [6.45, 7) is 5.22. The molecule has 2 aromatic heterocycles. The lowest BCUT2D eigenvalue weighted by molar-refractivity contribution is -0.127. The first-order chi connectivity index (χ1) is 19.8. The van der Waals surface area contributed by atoms with Crippen LogP contribution in [0.2, 0.25) is 10.0 Å². The average Bonchev–Trinajstić information content (AvgIpc) is 3.68. The summed E-state index contributed by atoms with van der Waals surface area (Å²) in [6.07, 6.45) is 5.17. The summed E-state index contributed by atoms with van der Waals surface area (Å²) in [5, 5.41) is 1.26. The Morgan fingerprint density at radius 3 is 2.27 bits per heavy atom. The van der Waals surface area contributed by atoms with Crippen molar-refractivity contribution in [2.75, 3.05) is 36.0 Å². The molecule has 2 saturated heterocycles. The van der Waals surface area contributed by atoms with Crippen molar-refractivity contribution < 1.29 is 4.79 Å². The van der Waals surface area contributed by atoms with Gasteiger partial charge in [-0.05, 0) is 73.9 Å². The Hall–Kier alpha value is -3.36. The first kappa shape index (κ1) is 26.5. The third kappa shape index (κ3) is 4.61. The number of halogens is 2. The van der Waals surface area contributed by atoms with E-state index in [1.165, 1.54) is 19.3 Å². The summed E-state index contributed by atoms with van der Waals surface area (Å²) < 4.78 is 2.07. The van der Waals surface area contributed by atoms with Crippen LogP contribution < -0.4 is 15.5 Å². The summed E-state index contributed by atoms with van der Waals surface area (Å²) in [5.41, 5.74) is 8.39. The second-order valence-corrected chi connectivity index (χ2v) is 12.9. The first-order valence-electron chi connectivity index (χ1n) is 14.4. The van der Waals surface area contributed by atoms with Crippen LogP contribution in [0.3, 0.4) is 0 Å². The number of aromatic nitrogens is 4. The van der Waals surface area contributed by atoms with Crippen molar-refractivity contribution in [3.63, 3.8) is 0 Å². The molecule has 8 nitrogen and oxygen atoms in total. The Morgan fingerprint density at radius 1 is 0.927 bits per heavy atom. The number of carbonyl (C=O) groups excluding carboxylic acids is 1. The van der Waals surface area contributed by atoms with Gasteiger partial charge in [0.1, 0.15) is 5.82 Å². The Bertz CT molecular complexity index is 1620. The Labute approximate surface area is 249 Å². The number of fused-ring (bicyclic) bond motifs is 2. The zero-order chi connectivity index (χ0) is 28.3. The van der Waals surface area contributed by atoms with Gasteiger partial charge in [0.25, 0.3) is 0 Å². The molecule has 4 aromatic rings. The summed E-state index contributed by atoms with van der Waals surface area (Å²) in [5.74, 6) is 3.36. The highest BCUT2D eigenvalue weighted by Crippen LogP contribution is 2.42. The Kier molecular flexibility index (Phi) is 6.58. The smallest absolute Gasteiger partial charge is 0.229 e. The van der Waals surface area contributed by atoms with Gasteiger partial charge in [0, 0.05) is 47.9 Å². The number of primary amides is 1. The average molecular weight is 591 g/mol. The Morgan fingerprint density at radius 2 is 1.61 bits per heavy atom. The minimum Gasteiger partial charge on any atom is -0.369 e. The van der Waals surface area contributed by atoms with Crippen LogP contribution in [0.25, 0.3) is 28.2 Å². The van der Waals surface area contributed by atoms with Gasteiger partial charge < -0.3 is 15.5 Å². The normalized spacial score (nSPS) is 21.9. The number of anilines is 2. The molecule has 4 heterocycles. The van der Waals surface area contributed by atoms with Crippen molar-refractivity contribution in [3.05, 3.63) is 58.6 Å². The van der Waals surface area contributed by atoms with E-state index in [0.29, 0.717) is 59.2 Å². The molecule has 0 radical (unpaired) electrons. The van der Waals surface area contributed by atoms with Gasteiger partial charge in [-0.15, -0.1) is 0 Å². The summed E-state index contributed by atoms with van der Waals surface area (Å²) in [4.78, 5) is 32.4. The van der Waals surface area contributed by atoms with E-state index >= 15 is 0 Å². The molecule has 0 spiro atoms. The zero-order valence-electron chi connectivity index (χ0n) is 23.1. The number of rotatable bonds is 5. The van der Waals surface area contributed by atoms with E-state index in [1.54, 1.807) is 0 Å². The lowest BCUT2D eigenvalue weighted by atomic mass is 9.80. The molecule has 2 aromatic carbocycles. The molecular weight excluding hydrogens is 557 g/mol. The number of carbonyl (C=O) groups is 1. The van der Waals surface area contributed by atoms with Crippen molar-refractivity contribution in [2.24, 2.45) is 23.0 Å². The monoisotopic (exact) mass is 589 g/mol. The van der Waals surface area contributed by atoms with Crippen LogP contribution in [0.1, 0.15) is 39.0 Å². The number of hydrogen-bond donors (Lipinski definition) is 1.